The van der Waals surface area contributed by atoms with Crippen LogP contribution in [0, 0.1) is 5.92 Å². The Hall–Kier alpha value is -0.180. The maximum absolute atomic E-state index is 10.4. The second-order valence-corrected chi connectivity index (χ2v) is 5.46. The monoisotopic (exact) mass is 186 g/mol. The standard InChI is InChI=1S/C9H14O2S/c10-8(11)6-12-9-3-1-7(5-9)2-4-9/h7H,1-6H2,(H,10,11). The Bertz CT molecular complexity index is 195. The molecule has 0 spiro atoms. The summed E-state index contributed by atoms with van der Waals surface area (Å²) in [5.74, 6) is 0.559. The lowest BCUT2D eigenvalue weighted by Gasteiger charge is -2.24. The van der Waals surface area contributed by atoms with Gasteiger partial charge in [-0.2, -0.15) is 0 Å². The molecule has 0 aromatic rings. The first-order chi connectivity index (χ1) is 5.70. The number of fused-ring (bicyclic) bond motifs is 2. The molecule has 2 fully saturated rings. The molecule has 0 amide bonds. The van der Waals surface area contributed by atoms with E-state index in [0.29, 0.717) is 10.5 Å². The van der Waals surface area contributed by atoms with E-state index in [9.17, 15) is 4.79 Å². The third-order valence-corrected chi connectivity index (χ3v) is 4.76. The van der Waals surface area contributed by atoms with Crippen LogP contribution >= 0.6 is 11.8 Å². The molecule has 0 atom stereocenters. The predicted molar refractivity (Wildman–Crippen MR) is 49.4 cm³/mol. The smallest absolute Gasteiger partial charge is 0.313 e. The molecule has 3 heteroatoms. The summed E-state index contributed by atoms with van der Waals surface area (Å²) in [4.78, 5) is 10.4. The van der Waals surface area contributed by atoms with Gasteiger partial charge in [-0.05, 0) is 38.0 Å². The van der Waals surface area contributed by atoms with E-state index in [0.717, 1.165) is 5.92 Å². The van der Waals surface area contributed by atoms with E-state index < -0.39 is 5.97 Å². The Balaban J connectivity index is 1.90. The van der Waals surface area contributed by atoms with Gasteiger partial charge in [0.05, 0.1) is 5.75 Å². The number of hydrogen-bond acceptors (Lipinski definition) is 2. The van der Waals surface area contributed by atoms with Crippen molar-refractivity contribution < 1.29 is 9.90 Å². The fourth-order valence-corrected chi connectivity index (χ4v) is 3.86. The highest BCUT2D eigenvalue weighted by Crippen LogP contribution is 2.55. The second-order valence-electron chi connectivity index (χ2n) is 4.01. The zero-order valence-corrected chi connectivity index (χ0v) is 7.90. The Morgan fingerprint density at radius 3 is 2.58 bits per heavy atom. The molecule has 2 saturated carbocycles. The van der Waals surface area contributed by atoms with E-state index in [1.54, 1.807) is 11.8 Å². The number of thioether (sulfide) groups is 1. The number of aliphatic carboxylic acids is 1. The molecule has 0 radical (unpaired) electrons. The molecular formula is C9H14O2S. The van der Waals surface area contributed by atoms with Gasteiger partial charge in [0, 0.05) is 4.75 Å². The van der Waals surface area contributed by atoms with Crippen molar-refractivity contribution in [2.75, 3.05) is 5.75 Å². The normalized spacial score (nSPS) is 38.8. The van der Waals surface area contributed by atoms with Crippen LogP contribution in [0.2, 0.25) is 0 Å². The highest BCUT2D eigenvalue weighted by atomic mass is 32.2. The van der Waals surface area contributed by atoms with Crippen LogP contribution in [0.5, 0.6) is 0 Å². The van der Waals surface area contributed by atoms with Gasteiger partial charge in [0.25, 0.3) is 0 Å². The fraction of sp³-hybridized carbons (Fsp3) is 0.889. The van der Waals surface area contributed by atoms with Crippen LogP contribution in [0.25, 0.3) is 0 Å². The summed E-state index contributed by atoms with van der Waals surface area (Å²) in [6.45, 7) is 0. The van der Waals surface area contributed by atoms with Gasteiger partial charge in [-0.3, -0.25) is 4.79 Å². The van der Waals surface area contributed by atoms with Crippen molar-refractivity contribution in [3.05, 3.63) is 0 Å². The summed E-state index contributed by atoms with van der Waals surface area (Å²) in [5.41, 5.74) is 0. The van der Waals surface area contributed by atoms with Gasteiger partial charge in [0.1, 0.15) is 0 Å². The van der Waals surface area contributed by atoms with Crippen molar-refractivity contribution in [1.29, 1.82) is 0 Å². The van der Waals surface area contributed by atoms with Crippen molar-refractivity contribution >= 4 is 17.7 Å². The van der Waals surface area contributed by atoms with E-state index in [2.05, 4.69) is 0 Å². The van der Waals surface area contributed by atoms with Crippen molar-refractivity contribution in [2.24, 2.45) is 5.92 Å². The van der Waals surface area contributed by atoms with E-state index in [1.807, 2.05) is 0 Å². The first-order valence-electron chi connectivity index (χ1n) is 4.56. The van der Waals surface area contributed by atoms with E-state index in [1.165, 1.54) is 32.1 Å². The Morgan fingerprint density at radius 1 is 1.50 bits per heavy atom. The Kier molecular flexibility index (Phi) is 2.07. The van der Waals surface area contributed by atoms with Crippen molar-refractivity contribution in [3.63, 3.8) is 0 Å². The van der Waals surface area contributed by atoms with E-state index in [-0.39, 0.29) is 0 Å². The van der Waals surface area contributed by atoms with Crippen LogP contribution in [0.3, 0.4) is 0 Å². The minimum Gasteiger partial charge on any atom is -0.481 e. The zero-order chi connectivity index (χ0) is 8.60. The van der Waals surface area contributed by atoms with Crippen molar-refractivity contribution in [1.82, 2.24) is 0 Å². The molecule has 2 bridgehead atoms. The SMILES string of the molecule is O=C(O)CSC12CCC(CC1)C2. The maximum Gasteiger partial charge on any atom is 0.313 e. The highest BCUT2D eigenvalue weighted by Gasteiger charge is 2.45. The van der Waals surface area contributed by atoms with Gasteiger partial charge in [0.2, 0.25) is 0 Å². The molecule has 68 valence electrons. The van der Waals surface area contributed by atoms with E-state index in [4.69, 9.17) is 5.11 Å². The first kappa shape index (κ1) is 8.42. The molecule has 2 aliphatic carbocycles. The Labute approximate surface area is 76.7 Å². The number of carboxylic acids is 1. The van der Waals surface area contributed by atoms with Gasteiger partial charge in [0.15, 0.2) is 0 Å². The molecule has 0 unspecified atom stereocenters. The van der Waals surface area contributed by atoms with Crippen molar-refractivity contribution in [2.45, 2.75) is 36.9 Å². The highest BCUT2D eigenvalue weighted by molar-refractivity contribution is 8.01. The van der Waals surface area contributed by atoms with Gasteiger partial charge in [-0.15, -0.1) is 11.8 Å². The number of carbonyl (C=O) groups is 1. The number of carboxylic acid groups (broad SMARTS) is 1. The molecule has 1 N–H and O–H groups in total. The quantitative estimate of drug-likeness (QED) is 0.733. The van der Waals surface area contributed by atoms with Crippen LogP contribution in [0.4, 0.5) is 0 Å². The van der Waals surface area contributed by atoms with Gasteiger partial charge in [-0.25, -0.2) is 0 Å². The molecular weight excluding hydrogens is 172 g/mol. The summed E-state index contributed by atoms with van der Waals surface area (Å²) >= 11 is 1.68. The topological polar surface area (TPSA) is 37.3 Å². The van der Waals surface area contributed by atoms with E-state index >= 15 is 0 Å². The molecule has 0 heterocycles. The fourth-order valence-electron chi connectivity index (χ4n) is 2.56. The molecule has 2 aliphatic rings. The molecule has 2 nitrogen and oxygen atoms in total. The van der Waals surface area contributed by atoms with Gasteiger partial charge in [-0.1, -0.05) is 0 Å². The average Bonchev–Trinajstić information content (AvgIpc) is 2.60. The Morgan fingerprint density at radius 2 is 2.17 bits per heavy atom. The number of rotatable bonds is 3. The van der Waals surface area contributed by atoms with Crippen LogP contribution in [0.15, 0.2) is 0 Å². The summed E-state index contributed by atoms with van der Waals surface area (Å²) in [7, 11) is 0. The predicted octanol–water partition coefficient (Wildman–Crippen LogP) is 2.14. The molecule has 12 heavy (non-hydrogen) atoms. The van der Waals surface area contributed by atoms with Gasteiger partial charge >= 0.3 is 5.97 Å². The van der Waals surface area contributed by atoms with Gasteiger partial charge < -0.3 is 5.11 Å². The molecule has 0 aliphatic heterocycles. The first-order valence-corrected chi connectivity index (χ1v) is 5.55. The van der Waals surface area contributed by atoms with Crippen LogP contribution in [0.1, 0.15) is 32.1 Å². The summed E-state index contributed by atoms with van der Waals surface area (Å²) in [5, 5.41) is 8.58. The number of hydrogen-bond donors (Lipinski definition) is 1. The zero-order valence-electron chi connectivity index (χ0n) is 7.08. The lowest BCUT2D eigenvalue weighted by Crippen LogP contribution is -2.19. The minimum atomic E-state index is -0.662. The minimum absolute atomic E-state index is 0.298. The third-order valence-electron chi connectivity index (χ3n) is 3.18. The lowest BCUT2D eigenvalue weighted by molar-refractivity contribution is -0.133. The molecule has 2 rings (SSSR count). The van der Waals surface area contributed by atoms with Crippen molar-refractivity contribution in [3.8, 4) is 0 Å². The van der Waals surface area contributed by atoms with Crippen LogP contribution in [-0.4, -0.2) is 21.6 Å². The molecule has 0 aromatic carbocycles. The largest absolute Gasteiger partial charge is 0.481 e. The summed E-state index contributed by atoms with van der Waals surface area (Å²) in [6.07, 6.45) is 6.48. The van der Waals surface area contributed by atoms with Crippen LogP contribution < -0.4 is 0 Å². The van der Waals surface area contributed by atoms with Crippen LogP contribution in [-0.2, 0) is 4.79 Å². The lowest BCUT2D eigenvalue weighted by atomic mass is 10.0. The third kappa shape index (κ3) is 1.47. The molecule has 0 saturated heterocycles. The average molecular weight is 186 g/mol. The maximum atomic E-state index is 10.4. The molecule has 0 aromatic heterocycles. The second kappa shape index (κ2) is 2.95. The summed E-state index contributed by atoms with van der Waals surface area (Å²) < 4.78 is 0.378. The summed E-state index contributed by atoms with van der Waals surface area (Å²) in [6, 6.07) is 0.